The zero-order chi connectivity index (χ0) is 27.1. The number of carbonyl (C=O) groups is 1. The van der Waals surface area contributed by atoms with Gasteiger partial charge in [-0.05, 0) is 73.0 Å². The summed E-state index contributed by atoms with van der Waals surface area (Å²) in [6, 6.07) is 20.6. The van der Waals surface area contributed by atoms with Gasteiger partial charge in [-0.3, -0.25) is 4.79 Å². The summed E-state index contributed by atoms with van der Waals surface area (Å²) in [4.78, 5) is 18.7. The van der Waals surface area contributed by atoms with Gasteiger partial charge >= 0.3 is 0 Å². The Labute approximate surface area is 241 Å². The molecule has 6 nitrogen and oxygen atoms in total. The highest BCUT2D eigenvalue weighted by atomic mass is 79.9. The summed E-state index contributed by atoms with van der Waals surface area (Å²) in [6.45, 7) is 2.77. The van der Waals surface area contributed by atoms with Crippen LogP contribution in [0.15, 0.2) is 76.2 Å². The van der Waals surface area contributed by atoms with Crippen LogP contribution in [0.4, 0.5) is 0 Å². The van der Waals surface area contributed by atoms with Crippen LogP contribution in [0.25, 0.3) is 0 Å². The van der Waals surface area contributed by atoms with Crippen LogP contribution in [0.5, 0.6) is 5.75 Å². The molecule has 0 aliphatic carbocycles. The Balaban J connectivity index is 1.56. The second kappa shape index (κ2) is 13.0. The van der Waals surface area contributed by atoms with E-state index >= 15 is 0 Å². The summed E-state index contributed by atoms with van der Waals surface area (Å²) in [7, 11) is 0. The van der Waals surface area contributed by atoms with Crippen molar-refractivity contribution in [1.82, 2.24) is 5.32 Å². The van der Waals surface area contributed by atoms with Gasteiger partial charge in [0.15, 0.2) is 5.54 Å². The summed E-state index contributed by atoms with van der Waals surface area (Å²) in [5.74, 6) is 0.887. The fraction of sp³-hybridized carbons (Fsp3) is 0.310. The van der Waals surface area contributed by atoms with Gasteiger partial charge in [0.05, 0.1) is 6.61 Å². The molecule has 0 fully saturated rings. The molecule has 1 aliphatic rings. The molecule has 200 valence electrons. The molecule has 1 amide bonds. The molecule has 9 heteroatoms. The van der Waals surface area contributed by atoms with Crippen molar-refractivity contribution in [2.24, 2.45) is 4.99 Å². The van der Waals surface area contributed by atoms with Gasteiger partial charge in [-0.2, -0.15) is 0 Å². The summed E-state index contributed by atoms with van der Waals surface area (Å²) in [5.41, 5.74) is 1.48. The van der Waals surface area contributed by atoms with Crippen LogP contribution in [0.1, 0.15) is 30.0 Å². The number of aliphatic imine (C=N–C) groups is 1. The van der Waals surface area contributed by atoms with Crippen molar-refractivity contribution in [3.05, 3.63) is 97.9 Å². The van der Waals surface area contributed by atoms with Gasteiger partial charge in [0.2, 0.25) is 5.90 Å². The molecule has 1 aliphatic heterocycles. The fourth-order valence-electron chi connectivity index (χ4n) is 4.24. The number of benzene rings is 3. The third-order valence-corrected chi connectivity index (χ3v) is 7.53. The topological polar surface area (TPSA) is 80.2 Å². The fourth-order valence-corrected chi connectivity index (χ4v) is 5.01. The van der Waals surface area contributed by atoms with E-state index in [0.29, 0.717) is 54.1 Å². The summed E-state index contributed by atoms with van der Waals surface area (Å²) >= 11 is 15.8. The Hall–Kier alpha value is -2.58. The van der Waals surface area contributed by atoms with Crippen molar-refractivity contribution in [1.29, 1.82) is 0 Å². The van der Waals surface area contributed by atoms with Crippen LogP contribution in [0, 0.1) is 0 Å². The molecule has 0 unspecified atom stereocenters. The highest BCUT2D eigenvalue weighted by Crippen LogP contribution is 2.33. The Bertz CT molecular complexity index is 1280. The van der Waals surface area contributed by atoms with E-state index in [0.717, 1.165) is 21.2 Å². The molecule has 0 saturated carbocycles. The molecule has 3 aromatic rings. The molecule has 4 rings (SSSR count). The average Bonchev–Trinajstić information content (AvgIpc) is 3.24. The van der Waals surface area contributed by atoms with Crippen molar-refractivity contribution in [3.63, 3.8) is 0 Å². The highest BCUT2D eigenvalue weighted by Gasteiger charge is 2.50. The van der Waals surface area contributed by atoms with Gasteiger partial charge in [0.25, 0.3) is 5.91 Å². The zero-order valence-corrected chi connectivity index (χ0v) is 24.0. The number of halogens is 3. The second-order valence-electron chi connectivity index (χ2n) is 9.10. The normalized spacial score (nSPS) is 18.6. The molecule has 1 heterocycles. The number of nitrogens with zero attached hydrogens (tertiary/aromatic N) is 1. The van der Waals surface area contributed by atoms with Gasteiger partial charge in [-0.1, -0.05) is 57.3 Å². The average molecular weight is 620 g/mol. The molecular formula is C29H29BrCl2N2O4. The zero-order valence-electron chi connectivity index (χ0n) is 20.9. The van der Waals surface area contributed by atoms with E-state index in [2.05, 4.69) is 21.2 Å². The minimum absolute atomic E-state index is 0.0792. The van der Waals surface area contributed by atoms with E-state index in [4.69, 9.17) is 42.8 Å². The van der Waals surface area contributed by atoms with Crippen LogP contribution in [0.3, 0.4) is 0 Å². The van der Waals surface area contributed by atoms with Crippen molar-refractivity contribution < 1.29 is 19.4 Å². The number of rotatable bonds is 11. The van der Waals surface area contributed by atoms with Gasteiger partial charge in [0, 0.05) is 46.1 Å². The lowest BCUT2D eigenvalue weighted by Crippen LogP contribution is -2.52. The largest absolute Gasteiger partial charge is 0.494 e. The first-order chi connectivity index (χ1) is 18.3. The maximum absolute atomic E-state index is 13.8. The molecule has 0 spiro atoms. The SMILES string of the molecule is C[C@H]1OC(c2ccc(OCCCO)cc2)=N[C@@]1(Cc1ccc(Br)cc1)C(=O)NCCc1ccc(Cl)cc1Cl. The number of aliphatic hydroxyl groups excluding tert-OH is 1. The number of carbonyl (C=O) groups excluding carboxylic acids is 1. The number of nitrogens with one attached hydrogen (secondary N) is 1. The molecule has 2 N–H and O–H groups in total. The van der Waals surface area contributed by atoms with E-state index in [1.54, 1.807) is 12.1 Å². The monoisotopic (exact) mass is 618 g/mol. The molecule has 2 atom stereocenters. The first kappa shape index (κ1) is 28.4. The van der Waals surface area contributed by atoms with Crippen LogP contribution in [-0.4, -0.2) is 48.3 Å². The summed E-state index contributed by atoms with van der Waals surface area (Å²) in [5, 5.41) is 13.1. The minimum atomic E-state index is -1.15. The Morgan fingerprint density at radius 3 is 2.55 bits per heavy atom. The highest BCUT2D eigenvalue weighted by molar-refractivity contribution is 9.10. The van der Waals surface area contributed by atoms with Crippen LogP contribution in [-0.2, 0) is 22.4 Å². The lowest BCUT2D eigenvalue weighted by atomic mass is 9.86. The van der Waals surface area contributed by atoms with E-state index in [-0.39, 0.29) is 12.5 Å². The van der Waals surface area contributed by atoms with Crippen molar-refractivity contribution in [2.75, 3.05) is 19.8 Å². The Kier molecular flexibility index (Phi) is 9.71. The van der Waals surface area contributed by atoms with Crippen LogP contribution in [0.2, 0.25) is 10.0 Å². The van der Waals surface area contributed by atoms with Gasteiger partial charge in [-0.25, -0.2) is 4.99 Å². The molecular weight excluding hydrogens is 591 g/mol. The second-order valence-corrected chi connectivity index (χ2v) is 10.9. The smallest absolute Gasteiger partial charge is 0.252 e. The lowest BCUT2D eigenvalue weighted by molar-refractivity contribution is -0.128. The number of aliphatic hydroxyl groups is 1. The van der Waals surface area contributed by atoms with Crippen molar-refractivity contribution >= 4 is 50.9 Å². The van der Waals surface area contributed by atoms with Gasteiger partial charge < -0.3 is 19.9 Å². The molecule has 0 radical (unpaired) electrons. The molecule has 0 saturated heterocycles. The molecule has 0 bridgehead atoms. The van der Waals surface area contributed by atoms with Crippen molar-refractivity contribution in [2.45, 2.75) is 37.8 Å². The molecule has 0 aromatic heterocycles. The lowest BCUT2D eigenvalue weighted by Gasteiger charge is -2.28. The van der Waals surface area contributed by atoms with Crippen molar-refractivity contribution in [3.8, 4) is 5.75 Å². The first-order valence-corrected chi connectivity index (χ1v) is 13.9. The summed E-state index contributed by atoms with van der Waals surface area (Å²) < 4.78 is 12.8. The third-order valence-electron chi connectivity index (χ3n) is 6.41. The summed E-state index contributed by atoms with van der Waals surface area (Å²) in [6.07, 6.45) is 0.994. The predicted molar refractivity (Wildman–Crippen MR) is 154 cm³/mol. The van der Waals surface area contributed by atoms with Crippen LogP contribution >= 0.6 is 39.1 Å². The number of ether oxygens (including phenoxy) is 2. The van der Waals surface area contributed by atoms with E-state index < -0.39 is 11.6 Å². The van der Waals surface area contributed by atoms with Crippen LogP contribution < -0.4 is 10.1 Å². The minimum Gasteiger partial charge on any atom is -0.494 e. The Morgan fingerprint density at radius 1 is 1.13 bits per heavy atom. The number of hydrogen-bond donors (Lipinski definition) is 2. The quantitative estimate of drug-likeness (QED) is 0.257. The van der Waals surface area contributed by atoms with E-state index in [1.165, 1.54) is 0 Å². The first-order valence-electron chi connectivity index (χ1n) is 12.4. The third kappa shape index (κ3) is 6.89. The molecule has 3 aromatic carbocycles. The maximum atomic E-state index is 13.8. The standard InChI is InChI=1S/C29H29BrCl2N2O4/c1-19-29(18-20-3-8-23(30)9-4-20,28(36)33-14-13-21-5-10-24(31)17-26(21)32)34-27(38-19)22-6-11-25(12-7-22)37-16-2-15-35/h3-12,17,19,35H,2,13-16,18H2,1H3,(H,33,36)/t19-,29-/m1/s1. The maximum Gasteiger partial charge on any atom is 0.252 e. The van der Waals surface area contributed by atoms with Gasteiger partial charge in [0.1, 0.15) is 11.9 Å². The van der Waals surface area contributed by atoms with E-state index in [1.807, 2.05) is 61.5 Å². The van der Waals surface area contributed by atoms with Gasteiger partial charge in [-0.15, -0.1) is 0 Å². The van der Waals surface area contributed by atoms with E-state index in [9.17, 15) is 4.79 Å². The molecule has 38 heavy (non-hydrogen) atoms. The number of amides is 1. The Morgan fingerprint density at radius 2 is 1.87 bits per heavy atom. The predicted octanol–water partition coefficient (Wildman–Crippen LogP) is 6.02. The number of hydrogen-bond acceptors (Lipinski definition) is 5.